The van der Waals surface area contributed by atoms with Crippen LogP contribution in [-0.2, 0) is 4.79 Å². The Morgan fingerprint density at radius 1 is 1.04 bits per heavy atom. The summed E-state index contributed by atoms with van der Waals surface area (Å²) < 4.78 is 10.5. The summed E-state index contributed by atoms with van der Waals surface area (Å²) in [6.07, 6.45) is 1.95. The number of benzene rings is 2. The van der Waals surface area contributed by atoms with Crippen LogP contribution in [0.4, 0.5) is 5.69 Å². The number of nitrogens with one attached hydrogen (secondary N) is 2. The van der Waals surface area contributed by atoms with E-state index in [0.717, 1.165) is 24.1 Å². The minimum absolute atomic E-state index is 0.0780. The van der Waals surface area contributed by atoms with Crippen LogP contribution in [0, 0.1) is 5.92 Å². The number of carbonyl (C=O) groups is 2. The molecule has 2 aromatic carbocycles. The molecule has 1 fully saturated rings. The van der Waals surface area contributed by atoms with Crippen molar-refractivity contribution in [2.24, 2.45) is 5.92 Å². The maximum absolute atomic E-state index is 12.7. The van der Waals surface area contributed by atoms with E-state index in [1.807, 2.05) is 31.2 Å². The molecule has 27 heavy (non-hydrogen) atoms. The summed E-state index contributed by atoms with van der Waals surface area (Å²) >= 11 is 0. The van der Waals surface area contributed by atoms with E-state index < -0.39 is 0 Å². The van der Waals surface area contributed by atoms with Gasteiger partial charge >= 0.3 is 0 Å². The molecule has 0 aliphatic heterocycles. The predicted molar refractivity (Wildman–Crippen MR) is 103 cm³/mol. The molecule has 1 saturated carbocycles. The van der Waals surface area contributed by atoms with E-state index in [1.54, 1.807) is 25.3 Å². The van der Waals surface area contributed by atoms with Gasteiger partial charge in [0.1, 0.15) is 11.5 Å². The molecule has 6 heteroatoms. The monoisotopic (exact) mass is 368 g/mol. The lowest BCUT2D eigenvalue weighted by Crippen LogP contribution is -2.27. The van der Waals surface area contributed by atoms with Crippen molar-refractivity contribution in [3.8, 4) is 11.5 Å². The summed E-state index contributed by atoms with van der Waals surface area (Å²) in [6, 6.07) is 12.4. The zero-order valence-electron chi connectivity index (χ0n) is 15.7. The first-order chi connectivity index (χ1) is 13.0. The molecule has 0 heterocycles. The van der Waals surface area contributed by atoms with Crippen LogP contribution >= 0.6 is 0 Å². The zero-order valence-corrected chi connectivity index (χ0v) is 15.7. The first-order valence-electron chi connectivity index (χ1n) is 8.95. The molecule has 0 bridgehead atoms. The number of amides is 2. The minimum atomic E-state index is -0.246. The molecule has 1 unspecified atom stereocenters. The summed E-state index contributed by atoms with van der Waals surface area (Å²) in [6.45, 7) is 1.91. The van der Waals surface area contributed by atoms with Gasteiger partial charge < -0.3 is 20.1 Å². The topological polar surface area (TPSA) is 76.7 Å². The molecule has 0 saturated heterocycles. The van der Waals surface area contributed by atoms with Crippen molar-refractivity contribution in [1.29, 1.82) is 0 Å². The molecule has 6 nitrogen and oxygen atoms in total. The standard InChI is InChI=1S/C21H24N2O4/c1-13(14-6-8-16(9-7-14)23-20(24)15-4-5-15)22-21(25)18-12-17(26-2)10-11-19(18)27-3/h6-13,15H,4-5H2,1-3H3,(H,22,25)(H,23,24). The molecule has 142 valence electrons. The third-order valence-corrected chi connectivity index (χ3v) is 4.63. The Bertz CT molecular complexity index is 829. The molecule has 1 aliphatic rings. The number of ether oxygens (including phenoxy) is 2. The van der Waals surface area contributed by atoms with Gasteiger partial charge in [-0.1, -0.05) is 12.1 Å². The average molecular weight is 368 g/mol. The summed E-state index contributed by atoms with van der Waals surface area (Å²) in [5, 5.41) is 5.87. The fourth-order valence-electron chi connectivity index (χ4n) is 2.79. The quantitative estimate of drug-likeness (QED) is 0.784. The molecular weight excluding hydrogens is 344 g/mol. The molecule has 2 amide bonds. The highest BCUT2D eigenvalue weighted by Crippen LogP contribution is 2.30. The molecule has 3 rings (SSSR count). The summed E-state index contributed by atoms with van der Waals surface area (Å²) in [5.74, 6) is 1.07. The van der Waals surface area contributed by atoms with Gasteiger partial charge in [0.2, 0.25) is 5.91 Å². The van der Waals surface area contributed by atoms with E-state index in [4.69, 9.17) is 9.47 Å². The maximum atomic E-state index is 12.7. The van der Waals surface area contributed by atoms with Crippen molar-refractivity contribution in [3.63, 3.8) is 0 Å². The van der Waals surface area contributed by atoms with Crippen molar-refractivity contribution >= 4 is 17.5 Å². The molecule has 0 spiro atoms. The van der Waals surface area contributed by atoms with E-state index in [1.165, 1.54) is 7.11 Å². The van der Waals surface area contributed by atoms with Crippen molar-refractivity contribution in [3.05, 3.63) is 53.6 Å². The van der Waals surface area contributed by atoms with Gasteiger partial charge in [-0.2, -0.15) is 0 Å². The van der Waals surface area contributed by atoms with Crippen LogP contribution in [0.5, 0.6) is 11.5 Å². The lowest BCUT2D eigenvalue weighted by molar-refractivity contribution is -0.117. The van der Waals surface area contributed by atoms with Gasteiger partial charge in [0.15, 0.2) is 0 Å². The van der Waals surface area contributed by atoms with Crippen LogP contribution in [0.1, 0.15) is 41.7 Å². The Morgan fingerprint density at radius 2 is 1.74 bits per heavy atom. The van der Waals surface area contributed by atoms with Crippen molar-refractivity contribution in [2.75, 3.05) is 19.5 Å². The van der Waals surface area contributed by atoms with E-state index in [9.17, 15) is 9.59 Å². The normalized spacial score (nSPS) is 14.2. The van der Waals surface area contributed by atoms with Gasteiger partial charge in [0, 0.05) is 11.6 Å². The molecule has 1 aliphatic carbocycles. The van der Waals surface area contributed by atoms with Crippen LogP contribution in [0.2, 0.25) is 0 Å². The number of hydrogen-bond donors (Lipinski definition) is 2. The summed E-state index contributed by atoms with van der Waals surface area (Å²) in [4.78, 5) is 24.5. The molecule has 0 radical (unpaired) electrons. The summed E-state index contributed by atoms with van der Waals surface area (Å²) in [5.41, 5.74) is 2.12. The highest BCUT2D eigenvalue weighted by atomic mass is 16.5. The fourth-order valence-corrected chi connectivity index (χ4v) is 2.79. The van der Waals surface area contributed by atoms with Gasteiger partial charge in [-0.05, 0) is 55.7 Å². The average Bonchev–Trinajstić information content (AvgIpc) is 3.53. The third kappa shape index (κ3) is 4.58. The molecule has 1 atom stereocenters. The van der Waals surface area contributed by atoms with E-state index in [-0.39, 0.29) is 23.8 Å². The lowest BCUT2D eigenvalue weighted by Gasteiger charge is -2.17. The largest absolute Gasteiger partial charge is 0.497 e. The van der Waals surface area contributed by atoms with E-state index in [2.05, 4.69) is 10.6 Å². The van der Waals surface area contributed by atoms with Crippen LogP contribution in [-0.4, -0.2) is 26.0 Å². The third-order valence-electron chi connectivity index (χ3n) is 4.63. The number of rotatable bonds is 7. The fraction of sp³-hybridized carbons (Fsp3) is 0.333. The smallest absolute Gasteiger partial charge is 0.255 e. The van der Waals surface area contributed by atoms with Crippen LogP contribution in [0.25, 0.3) is 0 Å². The van der Waals surface area contributed by atoms with Crippen molar-refractivity contribution in [1.82, 2.24) is 5.32 Å². The van der Waals surface area contributed by atoms with Gasteiger partial charge in [0.25, 0.3) is 5.91 Å². The Hall–Kier alpha value is -3.02. The van der Waals surface area contributed by atoms with Crippen LogP contribution in [0.15, 0.2) is 42.5 Å². The molecule has 2 aromatic rings. The molecule has 2 N–H and O–H groups in total. The highest BCUT2D eigenvalue weighted by Gasteiger charge is 2.29. The Labute approximate surface area is 158 Å². The zero-order chi connectivity index (χ0) is 19.4. The van der Waals surface area contributed by atoms with Gasteiger partial charge in [-0.15, -0.1) is 0 Å². The van der Waals surface area contributed by atoms with Crippen molar-refractivity contribution in [2.45, 2.75) is 25.8 Å². The van der Waals surface area contributed by atoms with Crippen LogP contribution < -0.4 is 20.1 Å². The van der Waals surface area contributed by atoms with Crippen molar-refractivity contribution < 1.29 is 19.1 Å². The number of carbonyl (C=O) groups excluding carboxylic acids is 2. The summed E-state index contributed by atoms with van der Waals surface area (Å²) in [7, 11) is 3.08. The first kappa shape index (κ1) is 18.8. The minimum Gasteiger partial charge on any atom is -0.497 e. The highest BCUT2D eigenvalue weighted by molar-refractivity contribution is 5.97. The number of anilines is 1. The van der Waals surface area contributed by atoms with Crippen LogP contribution in [0.3, 0.4) is 0 Å². The number of methoxy groups -OCH3 is 2. The lowest BCUT2D eigenvalue weighted by atomic mass is 10.1. The second-order valence-electron chi connectivity index (χ2n) is 6.65. The Balaban J connectivity index is 1.66. The SMILES string of the molecule is COc1ccc(OC)c(C(=O)NC(C)c2ccc(NC(=O)C3CC3)cc2)c1. The number of hydrogen-bond acceptors (Lipinski definition) is 4. The molecule has 0 aromatic heterocycles. The maximum Gasteiger partial charge on any atom is 0.255 e. The predicted octanol–water partition coefficient (Wildman–Crippen LogP) is 3.54. The second-order valence-corrected chi connectivity index (χ2v) is 6.65. The second kappa shape index (κ2) is 8.12. The van der Waals surface area contributed by atoms with Gasteiger partial charge in [-0.3, -0.25) is 9.59 Å². The van der Waals surface area contributed by atoms with Gasteiger partial charge in [-0.25, -0.2) is 0 Å². The Morgan fingerprint density at radius 3 is 2.33 bits per heavy atom. The van der Waals surface area contributed by atoms with E-state index >= 15 is 0 Å². The molecular formula is C21H24N2O4. The Kier molecular flexibility index (Phi) is 5.64. The first-order valence-corrected chi connectivity index (χ1v) is 8.95. The van der Waals surface area contributed by atoms with E-state index in [0.29, 0.717) is 17.1 Å². The van der Waals surface area contributed by atoms with Gasteiger partial charge in [0.05, 0.1) is 25.8 Å².